The van der Waals surface area contributed by atoms with Crippen LogP contribution in [0.3, 0.4) is 0 Å². The Morgan fingerprint density at radius 2 is 2.00 bits per heavy atom. The van der Waals surface area contributed by atoms with Crippen molar-refractivity contribution in [3.8, 4) is 5.75 Å². The highest BCUT2D eigenvalue weighted by atomic mass is 16.5. The molecule has 0 N–H and O–H groups in total. The molecular weight excluding hydrogens is 298 g/mol. The van der Waals surface area contributed by atoms with E-state index in [2.05, 4.69) is 60.0 Å². The largest absolute Gasteiger partial charge is 0.497 e. The van der Waals surface area contributed by atoms with Crippen molar-refractivity contribution in [2.75, 3.05) is 13.7 Å². The molecule has 2 aromatic carbocycles. The third-order valence-corrected chi connectivity index (χ3v) is 4.95. The summed E-state index contributed by atoms with van der Waals surface area (Å²) >= 11 is 0. The van der Waals surface area contributed by atoms with Crippen LogP contribution in [0, 0.1) is 0 Å². The van der Waals surface area contributed by atoms with Crippen molar-refractivity contribution in [3.63, 3.8) is 0 Å². The minimum atomic E-state index is 0.177. The van der Waals surface area contributed by atoms with Gasteiger partial charge in [-0.1, -0.05) is 37.3 Å². The predicted octanol–water partition coefficient (Wildman–Crippen LogP) is 4.72. The first-order valence-corrected chi connectivity index (χ1v) is 8.66. The van der Waals surface area contributed by atoms with E-state index in [1.54, 1.807) is 7.11 Å². The number of methoxy groups -OCH3 is 1. The molecule has 1 aromatic heterocycles. The smallest absolute Gasteiger partial charge is 0.119 e. The Balaban J connectivity index is 1.93. The molecule has 124 valence electrons. The van der Waals surface area contributed by atoms with Crippen molar-refractivity contribution in [2.45, 2.75) is 32.4 Å². The molecule has 0 amide bonds. The van der Waals surface area contributed by atoms with Crippen LogP contribution >= 0.6 is 0 Å². The molecule has 24 heavy (non-hydrogen) atoms. The molecule has 0 aliphatic carbocycles. The first-order chi connectivity index (χ1) is 11.8. The Bertz CT molecular complexity index is 851. The second-order valence-corrected chi connectivity index (χ2v) is 6.34. The van der Waals surface area contributed by atoms with E-state index >= 15 is 0 Å². The zero-order chi connectivity index (χ0) is 16.5. The Hall–Kier alpha value is -2.26. The van der Waals surface area contributed by atoms with E-state index in [4.69, 9.17) is 9.47 Å². The molecule has 0 radical (unpaired) electrons. The van der Waals surface area contributed by atoms with Gasteiger partial charge < -0.3 is 14.0 Å². The third kappa shape index (κ3) is 2.49. The van der Waals surface area contributed by atoms with Gasteiger partial charge in [0, 0.05) is 17.4 Å². The molecule has 3 heteroatoms. The Morgan fingerprint density at radius 3 is 2.75 bits per heavy atom. The van der Waals surface area contributed by atoms with Crippen LogP contribution in [0.15, 0.2) is 48.5 Å². The zero-order valence-corrected chi connectivity index (χ0v) is 14.3. The van der Waals surface area contributed by atoms with Crippen molar-refractivity contribution in [1.82, 2.24) is 4.57 Å². The molecule has 1 aliphatic heterocycles. The van der Waals surface area contributed by atoms with Gasteiger partial charge >= 0.3 is 0 Å². The second kappa shape index (κ2) is 6.33. The van der Waals surface area contributed by atoms with Gasteiger partial charge in [-0.2, -0.15) is 0 Å². The SMILES string of the molecule is CCC1OCCc2c1n(Cc1ccccc1)c1ccc(OC)cc21. The predicted molar refractivity (Wildman–Crippen MR) is 96.7 cm³/mol. The van der Waals surface area contributed by atoms with Crippen molar-refractivity contribution >= 4 is 10.9 Å². The summed E-state index contributed by atoms with van der Waals surface area (Å²) in [6.07, 6.45) is 2.14. The maximum Gasteiger partial charge on any atom is 0.119 e. The van der Waals surface area contributed by atoms with E-state index in [0.717, 1.165) is 31.7 Å². The van der Waals surface area contributed by atoms with E-state index in [-0.39, 0.29) is 6.10 Å². The van der Waals surface area contributed by atoms with Crippen LogP contribution in [0.1, 0.15) is 36.3 Å². The van der Waals surface area contributed by atoms with Gasteiger partial charge in [-0.25, -0.2) is 0 Å². The number of hydrogen-bond acceptors (Lipinski definition) is 2. The summed E-state index contributed by atoms with van der Waals surface area (Å²) in [5.74, 6) is 0.918. The number of benzene rings is 2. The lowest BCUT2D eigenvalue weighted by molar-refractivity contribution is 0.0349. The summed E-state index contributed by atoms with van der Waals surface area (Å²) in [7, 11) is 1.73. The fourth-order valence-corrected chi connectivity index (χ4v) is 3.81. The second-order valence-electron chi connectivity index (χ2n) is 6.34. The lowest BCUT2D eigenvalue weighted by Crippen LogP contribution is -2.19. The Labute approximate surface area is 142 Å². The molecule has 3 aromatic rings. The number of fused-ring (bicyclic) bond motifs is 3. The van der Waals surface area contributed by atoms with Crippen LogP contribution < -0.4 is 4.74 Å². The molecule has 0 spiro atoms. The van der Waals surface area contributed by atoms with Crippen molar-refractivity contribution in [3.05, 3.63) is 65.4 Å². The number of aromatic nitrogens is 1. The highest BCUT2D eigenvalue weighted by Crippen LogP contribution is 2.38. The van der Waals surface area contributed by atoms with Crippen molar-refractivity contribution < 1.29 is 9.47 Å². The van der Waals surface area contributed by atoms with Crippen LogP contribution in [0.25, 0.3) is 10.9 Å². The number of nitrogens with zero attached hydrogens (tertiary/aromatic N) is 1. The summed E-state index contributed by atoms with van der Waals surface area (Å²) in [5, 5.41) is 1.31. The molecule has 0 saturated heterocycles. The van der Waals surface area contributed by atoms with Gasteiger partial charge in [-0.15, -0.1) is 0 Å². The van der Waals surface area contributed by atoms with Crippen LogP contribution in [0.5, 0.6) is 5.75 Å². The van der Waals surface area contributed by atoms with Gasteiger partial charge in [0.25, 0.3) is 0 Å². The van der Waals surface area contributed by atoms with Gasteiger partial charge in [-0.3, -0.25) is 0 Å². The summed E-state index contributed by atoms with van der Waals surface area (Å²) in [5.41, 5.74) is 5.36. The highest BCUT2D eigenvalue weighted by molar-refractivity contribution is 5.87. The monoisotopic (exact) mass is 321 g/mol. The summed E-state index contributed by atoms with van der Waals surface area (Å²) in [6, 6.07) is 17.1. The number of rotatable bonds is 4. The Kier molecular flexibility index (Phi) is 4.03. The van der Waals surface area contributed by atoms with Crippen LogP contribution in [0.2, 0.25) is 0 Å². The van der Waals surface area contributed by atoms with Crippen LogP contribution in [-0.4, -0.2) is 18.3 Å². The summed E-state index contributed by atoms with van der Waals surface area (Å²) in [4.78, 5) is 0. The van der Waals surface area contributed by atoms with Gasteiger partial charge in [0.15, 0.2) is 0 Å². The standard InChI is InChI=1S/C21H23NO2/c1-3-20-21-17(11-12-24-20)18-13-16(23-2)9-10-19(18)22(21)14-15-7-5-4-6-8-15/h4-10,13,20H,3,11-12,14H2,1-2H3. The summed E-state index contributed by atoms with van der Waals surface area (Å²) < 4.78 is 14.0. The molecule has 0 saturated carbocycles. The molecule has 0 bridgehead atoms. The fourth-order valence-electron chi connectivity index (χ4n) is 3.81. The topological polar surface area (TPSA) is 23.4 Å². The molecule has 2 heterocycles. The normalized spacial score (nSPS) is 17.0. The molecular formula is C21H23NO2. The molecule has 1 aliphatic rings. The number of hydrogen-bond donors (Lipinski definition) is 0. The lowest BCUT2D eigenvalue weighted by atomic mass is 10.0. The van der Waals surface area contributed by atoms with E-state index in [0.29, 0.717) is 0 Å². The summed E-state index contributed by atoms with van der Waals surface area (Å²) in [6.45, 7) is 3.87. The minimum absolute atomic E-state index is 0.177. The average molecular weight is 321 g/mol. The Morgan fingerprint density at radius 1 is 1.17 bits per heavy atom. The van der Waals surface area contributed by atoms with Crippen LogP contribution in [0.4, 0.5) is 0 Å². The van der Waals surface area contributed by atoms with E-state index < -0.39 is 0 Å². The third-order valence-electron chi connectivity index (χ3n) is 4.95. The van der Waals surface area contributed by atoms with E-state index in [1.165, 1.54) is 27.7 Å². The van der Waals surface area contributed by atoms with Gasteiger partial charge in [0.1, 0.15) is 5.75 Å². The molecule has 3 nitrogen and oxygen atoms in total. The van der Waals surface area contributed by atoms with Crippen molar-refractivity contribution in [2.24, 2.45) is 0 Å². The highest BCUT2D eigenvalue weighted by Gasteiger charge is 2.27. The first-order valence-electron chi connectivity index (χ1n) is 8.66. The van der Waals surface area contributed by atoms with E-state index in [1.807, 2.05) is 0 Å². The van der Waals surface area contributed by atoms with E-state index in [9.17, 15) is 0 Å². The average Bonchev–Trinajstić information content (AvgIpc) is 2.96. The van der Waals surface area contributed by atoms with Gasteiger partial charge in [0.05, 0.1) is 25.5 Å². The number of ether oxygens (including phenoxy) is 2. The van der Waals surface area contributed by atoms with Gasteiger partial charge in [-0.05, 0) is 42.2 Å². The lowest BCUT2D eigenvalue weighted by Gasteiger charge is -2.25. The van der Waals surface area contributed by atoms with Crippen molar-refractivity contribution in [1.29, 1.82) is 0 Å². The molecule has 1 unspecified atom stereocenters. The maximum atomic E-state index is 6.07. The molecule has 0 fully saturated rings. The molecule has 1 atom stereocenters. The maximum absolute atomic E-state index is 6.07. The molecule has 4 rings (SSSR count). The minimum Gasteiger partial charge on any atom is -0.497 e. The fraction of sp³-hybridized carbons (Fsp3) is 0.333. The quantitative estimate of drug-likeness (QED) is 0.694. The van der Waals surface area contributed by atoms with Crippen LogP contribution in [-0.2, 0) is 17.7 Å². The van der Waals surface area contributed by atoms with Gasteiger partial charge in [0.2, 0.25) is 0 Å². The zero-order valence-electron chi connectivity index (χ0n) is 14.3. The first kappa shape index (κ1) is 15.3.